The normalized spacial score (nSPS) is 14.0. The molecule has 0 bridgehead atoms. The number of rotatable bonds is 6. The number of morpholine rings is 1. The molecule has 1 aliphatic rings. The predicted molar refractivity (Wildman–Crippen MR) is 119 cm³/mol. The van der Waals surface area contributed by atoms with E-state index in [9.17, 15) is 9.18 Å². The topological polar surface area (TPSA) is 72.3 Å². The molecule has 0 saturated carbocycles. The first-order valence-corrected chi connectivity index (χ1v) is 10.4. The second-order valence-electron chi connectivity index (χ2n) is 7.62. The molecule has 3 aromatic rings. The highest BCUT2D eigenvalue weighted by atomic mass is 19.1. The number of anilines is 2. The highest BCUT2D eigenvalue weighted by Crippen LogP contribution is 2.29. The molecule has 0 spiro atoms. The molecule has 1 saturated heterocycles. The van der Waals surface area contributed by atoms with E-state index in [2.05, 4.69) is 15.2 Å². The van der Waals surface area contributed by atoms with Crippen LogP contribution in [0.4, 0.5) is 16.0 Å². The maximum Gasteiger partial charge on any atom is 0.255 e. The lowest BCUT2D eigenvalue weighted by Gasteiger charge is -2.29. The maximum atomic E-state index is 13.1. The van der Waals surface area contributed by atoms with E-state index in [-0.39, 0.29) is 11.4 Å². The monoisotopic (exact) mass is 423 g/mol. The highest BCUT2D eigenvalue weighted by molar-refractivity contribution is 5.78. The average molecular weight is 423 g/mol. The van der Waals surface area contributed by atoms with Crippen LogP contribution >= 0.6 is 0 Å². The van der Waals surface area contributed by atoms with Crippen LogP contribution in [-0.4, -0.2) is 47.4 Å². The molecule has 162 valence electrons. The third-order valence-corrected chi connectivity index (χ3v) is 5.44. The number of nitrogens with one attached hydrogen (secondary N) is 1. The van der Waals surface area contributed by atoms with E-state index in [1.807, 2.05) is 6.92 Å². The fraction of sp³-hybridized carbons (Fsp3) is 0.348. The smallest absolute Gasteiger partial charge is 0.255 e. The third-order valence-electron chi connectivity index (χ3n) is 5.44. The van der Waals surface area contributed by atoms with Crippen LogP contribution in [0.1, 0.15) is 11.1 Å². The molecular formula is C23H26FN5O2. The molecular weight excluding hydrogens is 397 g/mol. The lowest BCUT2D eigenvalue weighted by Crippen LogP contribution is -2.40. The zero-order valence-electron chi connectivity index (χ0n) is 17.8. The molecule has 1 N–H and O–H groups in total. The molecule has 2 aromatic heterocycles. The Balaban J connectivity index is 1.62. The van der Waals surface area contributed by atoms with Gasteiger partial charge in [-0.05, 0) is 36.6 Å². The van der Waals surface area contributed by atoms with E-state index in [1.54, 1.807) is 42.2 Å². The molecule has 0 aliphatic carbocycles. The minimum atomic E-state index is -0.241. The molecule has 0 radical (unpaired) electrons. The second-order valence-corrected chi connectivity index (χ2v) is 7.62. The van der Waals surface area contributed by atoms with Gasteiger partial charge in [0.25, 0.3) is 5.56 Å². The molecule has 7 nitrogen and oxygen atoms in total. The third kappa shape index (κ3) is 4.74. The van der Waals surface area contributed by atoms with Crippen molar-refractivity contribution < 1.29 is 9.13 Å². The number of halogens is 1. The Kier molecular flexibility index (Phi) is 6.27. The van der Waals surface area contributed by atoms with Gasteiger partial charge in [-0.25, -0.2) is 9.37 Å². The van der Waals surface area contributed by atoms with Crippen molar-refractivity contribution in [3.05, 3.63) is 70.0 Å². The van der Waals surface area contributed by atoms with Crippen LogP contribution < -0.4 is 15.8 Å². The van der Waals surface area contributed by atoms with Gasteiger partial charge in [0.15, 0.2) is 0 Å². The summed E-state index contributed by atoms with van der Waals surface area (Å²) in [4.78, 5) is 24.0. The van der Waals surface area contributed by atoms with Gasteiger partial charge in [-0.2, -0.15) is 0 Å². The van der Waals surface area contributed by atoms with Crippen molar-refractivity contribution in [3.63, 3.8) is 0 Å². The fourth-order valence-electron chi connectivity index (χ4n) is 3.73. The number of hydrogen-bond acceptors (Lipinski definition) is 6. The molecule has 1 fully saturated rings. The second kappa shape index (κ2) is 9.26. The van der Waals surface area contributed by atoms with Crippen LogP contribution in [0.15, 0.2) is 47.5 Å². The van der Waals surface area contributed by atoms with Crippen molar-refractivity contribution >= 4 is 11.6 Å². The minimum absolute atomic E-state index is 0.111. The van der Waals surface area contributed by atoms with Crippen molar-refractivity contribution in [3.8, 4) is 11.3 Å². The number of hydrogen-bond donors (Lipinski definition) is 1. The van der Waals surface area contributed by atoms with Crippen LogP contribution in [0.3, 0.4) is 0 Å². The van der Waals surface area contributed by atoms with Gasteiger partial charge in [0, 0.05) is 44.5 Å². The van der Waals surface area contributed by atoms with E-state index in [4.69, 9.17) is 9.72 Å². The number of ether oxygens (including phenoxy) is 1. The number of aryl methyl sites for hydroxylation is 1. The van der Waals surface area contributed by atoms with Gasteiger partial charge in [-0.15, -0.1) is 0 Å². The Labute approximate surface area is 180 Å². The summed E-state index contributed by atoms with van der Waals surface area (Å²) in [5, 5.41) is 3.41. The zero-order valence-corrected chi connectivity index (χ0v) is 17.8. The fourth-order valence-corrected chi connectivity index (χ4v) is 3.73. The molecule has 8 heteroatoms. The van der Waals surface area contributed by atoms with Gasteiger partial charge in [0.05, 0.1) is 30.8 Å². The van der Waals surface area contributed by atoms with Crippen LogP contribution in [0.25, 0.3) is 11.3 Å². The number of aromatic nitrogens is 3. The Morgan fingerprint density at radius 2 is 1.90 bits per heavy atom. The van der Waals surface area contributed by atoms with Gasteiger partial charge in [0.1, 0.15) is 5.82 Å². The van der Waals surface area contributed by atoms with E-state index < -0.39 is 0 Å². The average Bonchev–Trinajstić information content (AvgIpc) is 2.78. The van der Waals surface area contributed by atoms with Gasteiger partial charge >= 0.3 is 0 Å². The lowest BCUT2D eigenvalue weighted by molar-refractivity contribution is 0.121. The maximum absolute atomic E-state index is 13.1. The van der Waals surface area contributed by atoms with Crippen molar-refractivity contribution in [2.45, 2.75) is 13.3 Å². The first-order valence-electron chi connectivity index (χ1n) is 10.4. The predicted octanol–water partition coefficient (Wildman–Crippen LogP) is 2.78. The van der Waals surface area contributed by atoms with Crippen molar-refractivity contribution in [1.82, 2.24) is 14.5 Å². The van der Waals surface area contributed by atoms with E-state index in [0.717, 1.165) is 28.8 Å². The van der Waals surface area contributed by atoms with Crippen molar-refractivity contribution in [1.29, 1.82) is 0 Å². The summed E-state index contributed by atoms with van der Waals surface area (Å²) in [5.74, 6) is 0.397. The molecule has 3 heterocycles. The van der Waals surface area contributed by atoms with Crippen LogP contribution in [-0.2, 0) is 18.2 Å². The van der Waals surface area contributed by atoms with Crippen molar-refractivity contribution in [2.24, 2.45) is 7.05 Å². The summed E-state index contributed by atoms with van der Waals surface area (Å²) in [6.45, 7) is 5.23. The van der Waals surface area contributed by atoms with Gasteiger partial charge in [-0.1, -0.05) is 12.1 Å². The van der Waals surface area contributed by atoms with Gasteiger partial charge in [-0.3, -0.25) is 14.3 Å². The summed E-state index contributed by atoms with van der Waals surface area (Å²) in [6, 6.07) is 8.06. The molecule has 4 rings (SSSR count). The first kappa shape index (κ1) is 21.0. The Morgan fingerprint density at radius 3 is 2.65 bits per heavy atom. The molecule has 0 unspecified atom stereocenters. The standard InChI is InChI=1S/C23H26FN5O2/c1-16-14-25-15-20(26-8-7-17-3-5-18(24)6-4-17)22(16)19-13-21(30)28(2)23(27-19)29-9-11-31-12-10-29/h3-6,13-15,26H,7-12H2,1-2H3. The van der Waals surface area contributed by atoms with Gasteiger partial charge in [0.2, 0.25) is 5.95 Å². The molecule has 0 atom stereocenters. The number of benzene rings is 1. The van der Waals surface area contributed by atoms with Gasteiger partial charge < -0.3 is 15.0 Å². The zero-order chi connectivity index (χ0) is 21.8. The Bertz CT molecular complexity index is 1110. The summed E-state index contributed by atoms with van der Waals surface area (Å²) in [7, 11) is 1.74. The number of pyridine rings is 1. The first-order chi connectivity index (χ1) is 15.0. The van der Waals surface area contributed by atoms with E-state index in [1.165, 1.54) is 12.1 Å². The Hall–Kier alpha value is -3.26. The summed E-state index contributed by atoms with van der Waals surface area (Å²) in [5.41, 5.74) is 4.16. The van der Waals surface area contributed by atoms with Crippen molar-refractivity contribution in [2.75, 3.05) is 43.1 Å². The largest absolute Gasteiger partial charge is 0.383 e. The Morgan fingerprint density at radius 1 is 1.16 bits per heavy atom. The molecule has 0 amide bonds. The van der Waals surface area contributed by atoms with Crippen LogP contribution in [0, 0.1) is 12.7 Å². The quantitative estimate of drug-likeness (QED) is 0.657. The molecule has 1 aliphatic heterocycles. The SMILES string of the molecule is Cc1cncc(NCCc2ccc(F)cc2)c1-c1cc(=O)n(C)c(N2CCOCC2)n1. The van der Waals surface area contributed by atoms with Crippen LogP contribution in [0.5, 0.6) is 0 Å². The minimum Gasteiger partial charge on any atom is -0.383 e. The molecule has 31 heavy (non-hydrogen) atoms. The van der Waals surface area contributed by atoms with E-state index >= 15 is 0 Å². The summed E-state index contributed by atoms with van der Waals surface area (Å²) >= 11 is 0. The summed E-state index contributed by atoms with van der Waals surface area (Å²) < 4.78 is 20.1. The summed E-state index contributed by atoms with van der Waals surface area (Å²) in [6.07, 6.45) is 4.26. The molecule has 1 aromatic carbocycles. The number of nitrogens with zero attached hydrogens (tertiary/aromatic N) is 4. The lowest BCUT2D eigenvalue weighted by atomic mass is 10.1. The van der Waals surface area contributed by atoms with E-state index in [0.29, 0.717) is 44.5 Å². The highest BCUT2D eigenvalue weighted by Gasteiger charge is 2.19. The van der Waals surface area contributed by atoms with Crippen LogP contribution in [0.2, 0.25) is 0 Å².